The zero-order chi connectivity index (χ0) is 13.8. The van der Waals surface area contributed by atoms with E-state index in [1.54, 1.807) is 0 Å². The zero-order valence-electron chi connectivity index (χ0n) is 12.7. The van der Waals surface area contributed by atoms with Crippen LogP contribution in [0.3, 0.4) is 0 Å². The average molecular weight is 260 g/mol. The molecule has 0 radical (unpaired) electrons. The van der Waals surface area contributed by atoms with Crippen LogP contribution < -0.4 is 10.6 Å². The Morgan fingerprint density at radius 1 is 1.21 bits per heavy atom. The molecule has 0 spiro atoms. The topological polar surface area (TPSA) is 29.3 Å². The normalized spacial score (nSPS) is 18.3. The Hall–Kier alpha value is -1.02. The van der Waals surface area contributed by atoms with Gasteiger partial charge in [-0.05, 0) is 44.2 Å². The van der Waals surface area contributed by atoms with E-state index in [4.69, 9.17) is 5.73 Å². The number of nitrogens with two attached hydrogens (primary N) is 1. The van der Waals surface area contributed by atoms with E-state index < -0.39 is 0 Å². The maximum absolute atomic E-state index is 6.42. The Morgan fingerprint density at radius 3 is 2.53 bits per heavy atom. The van der Waals surface area contributed by atoms with Gasteiger partial charge in [-0.25, -0.2) is 0 Å². The van der Waals surface area contributed by atoms with Crippen LogP contribution in [0.1, 0.15) is 43.2 Å². The van der Waals surface area contributed by atoms with Gasteiger partial charge >= 0.3 is 0 Å². The quantitative estimate of drug-likeness (QED) is 0.895. The zero-order valence-corrected chi connectivity index (χ0v) is 12.7. The average Bonchev–Trinajstić information content (AvgIpc) is 2.39. The minimum atomic E-state index is 0.311. The predicted molar refractivity (Wildman–Crippen MR) is 83.7 cm³/mol. The Balaban J connectivity index is 1.97. The molecule has 0 bridgehead atoms. The van der Waals surface area contributed by atoms with Gasteiger partial charge in [0.25, 0.3) is 0 Å². The van der Waals surface area contributed by atoms with Crippen molar-refractivity contribution in [1.29, 1.82) is 0 Å². The van der Waals surface area contributed by atoms with Gasteiger partial charge in [-0.3, -0.25) is 0 Å². The van der Waals surface area contributed by atoms with Crippen molar-refractivity contribution in [2.24, 2.45) is 11.7 Å². The summed E-state index contributed by atoms with van der Waals surface area (Å²) in [4.78, 5) is 2.33. The smallest absolute Gasteiger partial charge is 0.0394 e. The first-order valence-corrected chi connectivity index (χ1v) is 7.62. The van der Waals surface area contributed by atoms with Gasteiger partial charge < -0.3 is 10.6 Å². The van der Waals surface area contributed by atoms with Crippen LogP contribution in [0.15, 0.2) is 18.2 Å². The summed E-state index contributed by atoms with van der Waals surface area (Å²) >= 11 is 0. The van der Waals surface area contributed by atoms with Crippen LogP contribution in [0.25, 0.3) is 0 Å². The summed E-state index contributed by atoms with van der Waals surface area (Å²) < 4.78 is 0. The molecule has 1 aliphatic carbocycles. The molecule has 2 rings (SSSR count). The van der Waals surface area contributed by atoms with Gasteiger partial charge in [-0.1, -0.05) is 37.0 Å². The highest BCUT2D eigenvalue weighted by molar-refractivity contribution is 5.53. The van der Waals surface area contributed by atoms with Crippen LogP contribution >= 0.6 is 0 Å². The molecule has 0 saturated heterocycles. The van der Waals surface area contributed by atoms with Crippen molar-refractivity contribution in [2.45, 2.75) is 52.0 Å². The van der Waals surface area contributed by atoms with E-state index in [1.807, 2.05) is 0 Å². The Morgan fingerprint density at radius 2 is 1.89 bits per heavy atom. The summed E-state index contributed by atoms with van der Waals surface area (Å²) in [5, 5.41) is 0. The summed E-state index contributed by atoms with van der Waals surface area (Å²) in [7, 11) is 2.17. The molecular weight excluding hydrogens is 232 g/mol. The van der Waals surface area contributed by atoms with Crippen LogP contribution in [0.5, 0.6) is 0 Å². The second-order valence-corrected chi connectivity index (χ2v) is 6.23. The highest BCUT2D eigenvalue weighted by Crippen LogP contribution is 2.27. The summed E-state index contributed by atoms with van der Waals surface area (Å²) in [6.45, 7) is 5.30. The van der Waals surface area contributed by atoms with Crippen molar-refractivity contribution in [2.75, 3.05) is 18.5 Å². The second-order valence-electron chi connectivity index (χ2n) is 6.23. The Labute approximate surface area is 118 Å². The van der Waals surface area contributed by atoms with E-state index in [-0.39, 0.29) is 0 Å². The largest absolute Gasteiger partial charge is 0.373 e. The molecule has 0 amide bonds. The predicted octanol–water partition coefficient (Wildman–Crippen LogP) is 3.65. The van der Waals surface area contributed by atoms with E-state index in [1.165, 1.54) is 48.9 Å². The molecule has 0 aromatic heterocycles. The van der Waals surface area contributed by atoms with Gasteiger partial charge in [0, 0.05) is 25.3 Å². The molecule has 19 heavy (non-hydrogen) atoms. The molecule has 1 fully saturated rings. The maximum atomic E-state index is 6.42. The number of hydrogen-bond acceptors (Lipinski definition) is 2. The molecule has 106 valence electrons. The highest BCUT2D eigenvalue weighted by atomic mass is 15.1. The lowest BCUT2D eigenvalue weighted by atomic mass is 9.84. The molecule has 1 aliphatic rings. The third-order valence-corrected chi connectivity index (χ3v) is 4.50. The lowest BCUT2D eigenvalue weighted by molar-refractivity contribution is 0.306. The molecule has 0 aliphatic heterocycles. The van der Waals surface area contributed by atoms with Crippen molar-refractivity contribution in [1.82, 2.24) is 0 Å². The van der Waals surface area contributed by atoms with Crippen molar-refractivity contribution < 1.29 is 0 Å². The summed E-state index contributed by atoms with van der Waals surface area (Å²) in [6, 6.07) is 6.97. The third-order valence-electron chi connectivity index (χ3n) is 4.50. The van der Waals surface area contributed by atoms with Crippen molar-refractivity contribution >= 4 is 5.69 Å². The van der Waals surface area contributed by atoms with Crippen molar-refractivity contribution in [3.8, 4) is 0 Å². The molecule has 1 aromatic carbocycles. The Kier molecular flexibility index (Phi) is 4.87. The van der Waals surface area contributed by atoms with E-state index >= 15 is 0 Å². The van der Waals surface area contributed by atoms with Crippen LogP contribution in [-0.2, 0) is 0 Å². The number of hydrogen-bond donors (Lipinski definition) is 1. The molecule has 1 saturated carbocycles. The molecule has 2 nitrogen and oxygen atoms in total. The van der Waals surface area contributed by atoms with E-state index in [9.17, 15) is 0 Å². The molecule has 0 heterocycles. The number of rotatable bonds is 4. The molecule has 2 heteroatoms. The molecule has 1 aromatic rings. The van der Waals surface area contributed by atoms with Crippen LogP contribution in [0.4, 0.5) is 5.69 Å². The first-order chi connectivity index (χ1) is 9.08. The number of anilines is 1. The number of nitrogens with zero attached hydrogens (tertiary/aromatic N) is 1. The van der Waals surface area contributed by atoms with Gasteiger partial charge in [0.05, 0.1) is 0 Å². The lowest BCUT2D eigenvalue weighted by Crippen LogP contribution is -2.41. The minimum absolute atomic E-state index is 0.311. The van der Waals surface area contributed by atoms with E-state index in [2.05, 4.69) is 44.0 Å². The first-order valence-electron chi connectivity index (χ1n) is 7.62. The standard InChI is InChI=1S/C17H28N2/c1-13-9-10-17(14(2)11-13)19(3)12-16(18)15-7-5-4-6-8-15/h9-11,15-16H,4-8,12,18H2,1-3H3. The van der Waals surface area contributed by atoms with Crippen LogP contribution in [0, 0.1) is 19.8 Å². The van der Waals surface area contributed by atoms with E-state index in [0.29, 0.717) is 6.04 Å². The van der Waals surface area contributed by atoms with Crippen molar-refractivity contribution in [3.05, 3.63) is 29.3 Å². The van der Waals surface area contributed by atoms with Gasteiger partial charge in [0.1, 0.15) is 0 Å². The van der Waals surface area contributed by atoms with Crippen molar-refractivity contribution in [3.63, 3.8) is 0 Å². The fourth-order valence-electron chi connectivity index (χ4n) is 3.36. The molecular formula is C17H28N2. The summed E-state index contributed by atoms with van der Waals surface area (Å²) in [5.74, 6) is 0.724. The molecule has 1 atom stereocenters. The van der Waals surface area contributed by atoms with Crippen LogP contribution in [-0.4, -0.2) is 19.6 Å². The highest BCUT2D eigenvalue weighted by Gasteiger charge is 2.21. The lowest BCUT2D eigenvalue weighted by Gasteiger charge is -2.32. The third kappa shape index (κ3) is 3.73. The molecule has 2 N–H and O–H groups in total. The number of aryl methyl sites for hydroxylation is 2. The molecule has 1 unspecified atom stereocenters. The second kappa shape index (κ2) is 6.42. The van der Waals surface area contributed by atoms with Gasteiger partial charge in [0.2, 0.25) is 0 Å². The maximum Gasteiger partial charge on any atom is 0.0394 e. The minimum Gasteiger partial charge on any atom is -0.373 e. The number of likely N-dealkylation sites (N-methyl/N-ethyl adjacent to an activating group) is 1. The summed E-state index contributed by atoms with van der Waals surface area (Å²) in [5.41, 5.74) is 10.4. The summed E-state index contributed by atoms with van der Waals surface area (Å²) in [6.07, 6.45) is 6.77. The Bertz CT molecular complexity index is 408. The fraction of sp³-hybridized carbons (Fsp3) is 0.647. The number of benzene rings is 1. The fourth-order valence-corrected chi connectivity index (χ4v) is 3.36. The van der Waals surface area contributed by atoms with Gasteiger partial charge in [-0.15, -0.1) is 0 Å². The van der Waals surface area contributed by atoms with Gasteiger partial charge in [0.15, 0.2) is 0 Å². The first kappa shape index (κ1) is 14.4. The van der Waals surface area contributed by atoms with E-state index in [0.717, 1.165) is 12.5 Å². The monoisotopic (exact) mass is 260 g/mol. The SMILES string of the molecule is Cc1ccc(N(C)CC(N)C2CCCCC2)c(C)c1. The van der Waals surface area contributed by atoms with Gasteiger partial charge in [-0.2, -0.15) is 0 Å². The van der Waals surface area contributed by atoms with Crippen LogP contribution in [0.2, 0.25) is 0 Å².